The molecule has 0 aromatic carbocycles. The molecule has 0 bridgehead atoms. The van der Waals surface area contributed by atoms with Crippen molar-refractivity contribution in [1.82, 2.24) is 0 Å². The van der Waals surface area contributed by atoms with E-state index in [1.165, 1.54) is 327 Å². The van der Waals surface area contributed by atoms with Gasteiger partial charge in [0.15, 0.2) is 12.2 Å². The highest BCUT2D eigenvalue weighted by Gasteiger charge is 2.30. The van der Waals surface area contributed by atoms with Gasteiger partial charge < -0.3 is 33.8 Å². The summed E-state index contributed by atoms with van der Waals surface area (Å²) in [5, 5.41) is 10.7. The van der Waals surface area contributed by atoms with Crippen LogP contribution < -0.4 is 0 Å². The highest BCUT2D eigenvalue weighted by molar-refractivity contribution is 7.47. The maximum atomic E-state index is 13.2. The first kappa shape index (κ1) is 107. The average molecular weight is 1590 g/mol. The number of carbonyl (C=O) groups excluding carboxylic acids is 4. The Morgan fingerprint density at radius 3 is 0.541 bits per heavy atom. The fraction of sp³-hybridized carbons (Fsp3) is 0.956. The first-order chi connectivity index (χ1) is 53.2. The molecule has 0 rings (SSSR count). The lowest BCUT2D eigenvalue weighted by atomic mass is 10.0. The quantitative estimate of drug-likeness (QED) is 0.0222. The molecule has 0 aromatic heterocycles. The van der Waals surface area contributed by atoms with Gasteiger partial charge in [-0.2, -0.15) is 0 Å². The first-order valence-electron chi connectivity index (χ1n) is 46.8. The number of aliphatic hydroxyl groups excluding tert-OH is 1. The Morgan fingerprint density at radius 1 is 0.220 bits per heavy atom. The Balaban J connectivity index is 5.19. The van der Waals surface area contributed by atoms with Crippen molar-refractivity contribution in [2.24, 2.45) is 0 Å². The molecule has 5 atom stereocenters. The van der Waals surface area contributed by atoms with Crippen molar-refractivity contribution in [3.8, 4) is 0 Å². The van der Waals surface area contributed by atoms with Gasteiger partial charge in [0.05, 0.1) is 26.4 Å². The van der Waals surface area contributed by atoms with Crippen LogP contribution in [0.4, 0.5) is 0 Å². The normalized spacial score (nSPS) is 13.6. The van der Waals surface area contributed by atoms with Gasteiger partial charge in [-0.25, -0.2) is 9.13 Å². The molecule has 0 spiro atoms. The van der Waals surface area contributed by atoms with Crippen LogP contribution in [0, 0.1) is 0 Å². The molecule has 0 aliphatic heterocycles. The Labute approximate surface area is 670 Å². The van der Waals surface area contributed by atoms with Gasteiger partial charge in [0.2, 0.25) is 0 Å². The van der Waals surface area contributed by atoms with Crippen LogP contribution >= 0.6 is 15.6 Å². The van der Waals surface area contributed by atoms with Crippen LogP contribution in [0.1, 0.15) is 496 Å². The summed E-state index contributed by atoms with van der Waals surface area (Å²) in [6.45, 7) is 5.07. The van der Waals surface area contributed by atoms with Crippen molar-refractivity contribution in [3.05, 3.63) is 0 Å². The van der Waals surface area contributed by atoms with Gasteiger partial charge >= 0.3 is 39.5 Å². The zero-order valence-corrected chi connectivity index (χ0v) is 73.3. The molecule has 0 aliphatic carbocycles. The Morgan fingerprint density at radius 2 is 0.367 bits per heavy atom. The summed E-state index contributed by atoms with van der Waals surface area (Å²) in [7, 11) is -9.93. The summed E-state index contributed by atoms with van der Waals surface area (Å²) in [5.74, 6) is -2.09. The molecule has 0 aliphatic rings. The number of carbonyl (C=O) groups is 4. The largest absolute Gasteiger partial charge is 0.472 e. The van der Waals surface area contributed by atoms with Crippen LogP contribution in [0.2, 0.25) is 0 Å². The SMILES string of the molecule is CCCCCCCCCCCCCCCCCCCCCCCCC(=O)OC[C@H](COP(=O)(O)OC[C@@H](O)COP(=O)(O)OC[C@@H](COC(=O)CCCCCCCCCCCC)OC(=O)CCCCCCCCCCCCCCCCC)OC(=O)CCCCCCCCCCCCCCCCCCCCCCCC. The van der Waals surface area contributed by atoms with Crippen molar-refractivity contribution in [3.63, 3.8) is 0 Å². The second kappa shape index (κ2) is 84.0. The molecule has 0 fully saturated rings. The van der Waals surface area contributed by atoms with Crippen molar-refractivity contribution in [1.29, 1.82) is 0 Å². The van der Waals surface area contributed by atoms with E-state index in [0.29, 0.717) is 25.7 Å². The maximum absolute atomic E-state index is 13.2. The van der Waals surface area contributed by atoms with E-state index in [2.05, 4.69) is 27.7 Å². The van der Waals surface area contributed by atoms with E-state index < -0.39 is 97.5 Å². The van der Waals surface area contributed by atoms with E-state index in [0.717, 1.165) is 89.9 Å². The molecule has 0 amide bonds. The second-order valence-electron chi connectivity index (χ2n) is 32.3. The predicted molar refractivity (Wildman–Crippen MR) is 451 cm³/mol. The van der Waals surface area contributed by atoms with Gasteiger partial charge in [-0.3, -0.25) is 37.3 Å². The molecular weight excluding hydrogens is 1410 g/mol. The minimum atomic E-state index is -4.97. The Bertz CT molecular complexity index is 2050. The molecule has 109 heavy (non-hydrogen) atoms. The van der Waals surface area contributed by atoms with Gasteiger partial charge in [0.1, 0.15) is 19.3 Å². The molecule has 0 radical (unpaired) electrons. The standard InChI is InChI=1S/C90H176O17P2/c1-5-9-13-17-21-25-29-32-35-37-39-41-43-45-47-50-52-55-59-63-67-71-75-88(93)101-81-86(107-90(95)77-73-69-65-61-57-54-51-48-46-44-42-40-38-36-33-30-26-22-18-14-10-6-2)83-105-109(98,99)103-79-84(91)78-102-108(96,97)104-82-85(80-100-87(92)74-70-66-62-58-28-24-20-16-12-8-4)106-89(94)76-72-68-64-60-56-53-49-34-31-27-23-19-15-11-7-3/h84-86,91H,5-83H2,1-4H3,(H,96,97)(H,98,99)/t84-,85+,86+/m0/s1. The molecular formula is C90H176O17P2. The Kier molecular flexibility index (Phi) is 82.5. The monoisotopic (exact) mass is 1590 g/mol. The van der Waals surface area contributed by atoms with Gasteiger partial charge in [-0.1, -0.05) is 445 Å². The predicted octanol–water partition coefficient (Wildman–Crippen LogP) is 28.1. The summed E-state index contributed by atoms with van der Waals surface area (Å²) in [5.41, 5.74) is 0. The topological polar surface area (TPSA) is 237 Å². The van der Waals surface area contributed by atoms with E-state index in [9.17, 15) is 43.2 Å². The third-order valence-corrected chi connectivity index (χ3v) is 23.3. The van der Waals surface area contributed by atoms with E-state index in [1.807, 2.05) is 0 Å². The number of hydrogen-bond donors (Lipinski definition) is 3. The number of ether oxygens (including phenoxy) is 4. The minimum Gasteiger partial charge on any atom is -0.462 e. The third kappa shape index (κ3) is 83.8. The van der Waals surface area contributed by atoms with E-state index in [4.69, 9.17) is 37.0 Å². The van der Waals surface area contributed by atoms with Gasteiger partial charge in [-0.15, -0.1) is 0 Å². The van der Waals surface area contributed by atoms with Crippen LogP contribution in [-0.4, -0.2) is 96.7 Å². The summed E-state index contributed by atoms with van der Waals surface area (Å²) in [4.78, 5) is 73.3. The first-order valence-corrected chi connectivity index (χ1v) is 49.8. The molecule has 0 heterocycles. The van der Waals surface area contributed by atoms with Crippen LogP contribution in [0.15, 0.2) is 0 Å². The zero-order chi connectivity index (χ0) is 79.6. The summed E-state index contributed by atoms with van der Waals surface area (Å²) in [6, 6.07) is 0. The molecule has 0 aromatic rings. The summed E-state index contributed by atoms with van der Waals surface area (Å²) in [6.07, 6.45) is 80.8. The molecule has 17 nitrogen and oxygen atoms in total. The number of phosphoric ester groups is 2. The molecule has 3 N–H and O–H groups in total. The van der Waals surface area contributed by atoms with Crippen molar-refractivity contribution in [2.45, 2.75) is 515 Å². The smallest absolute Gasteiger partial charge is 0.462 e. The molecule has 0 saturated carbocycles. The van der Waals surface area contributed by atoms with E-state index in [1.54, 1.807) is 0 Å². The highest BCUT2D eigenvalue weighted by Crippen LogP contribution is 2.45. The number of aliphatic hydroxyl groups is 1. The lowest BCUT2D eigenvalue weighted by molar-refractivity contribution is -0.161. The fourth-order valence-electron chi connectivity index (χ4n) is 14.2. The van der Waals surface area contributed by atoms with Gasteiger partial charge in [-0.05, 0) is 25.7 Å². The lowest BCUT2D eigenvalue weighted by Gasteiger charge is -2.21. The number of hydrogen-bond acceptors (Lipinski definition) is 15. The van der Waals surface area contributed by atoms with Crippen molar-refractivity contribution in [2.75, 3.05) is 39.6 Å². The summed E-state index contributed by atoms with van der Waals surface area (Å²) < 4.78 is 69.0. The molecule has 19 heteroatoms. The van der Waals surface area contributed by atoms with Crippen LogP contribution in [-0.2, 0) is 65.4 Å². The maximum Gasteiger partial charge on any atom is 0.472 e. The number of rotatable bonds is 91. The van der Waals surface area contributed by atoms with Gasteiger partial charge in [0.25, 0.3) is 0 Å². The van der Waals surface area contributed by atoms with E-state index >= 15 is 0 Å². The Hall–Kier alpha value is -1.94. The van der Waals surface area contributed by atoms with Gasteiger partial charge in [0, 0.05) is 25.7 Å². The average Bonchev–Trinajstić information content (AvgIpc) is 0.899. The van der Waals surface area contributed by atoms with Crippen molar-refractivity contribution < 1.29 is 80.2 Å². The molecule has 0 saturated heterocycles. The minimum absolute atomic E-state index is 0.109. The van der Waals surface area contributed by atoms with Crippen LogP contribution in [0.3, 0.4) is 0 Å². The van der Waals surface area contributed by atoms with Crippen molar-refractivity contribution >= 4 is 39.5 Å². The number of phosphoric acid groups is 2. The third-order valence-electron chi connectivity index (χ3n) is 21.4. The summed E-state index contributed by atoms with van der Waals surface area (Å²) >= 11 is 0. The molecule has 2 unspecified atom stereocenters. The van der Waals surface area contributed by atoms with E-state index in [-0.39, 0.29) is 25.7 Å². The number of unbranched alkanes of at least 4 members (excludes halogenated alkanes) is 65. The fourth-order valence-corrected chi connectivity index (χ4v) is 15.8. The highest BCUT2D eigenvalue weighted by atomic mass is 31.2. The number of esters is 4. The van der Waals surface area contributed by atoms with Crippen LogP contribution in [0.5, 0.6) is 0 Å². The zero-order valence-electron chi connectivity index (χ0n) is 71.5. The second-order valence-corrected chi connectivity index (χ2v) is 35.3. The lowest BCUT2D eigenvalue weighted by Crippen LogP contribution is -2.30. The molecule has 648 valence electrons. The van der Waals surface area contributed by atoms with Crippen LogP contribution in [0.25, 0.3) is 0 Å².